The van der Waals surface area contributed by atoms with Crippen LogP contribution in [-0.2, 0) is 10.0 Å². The number of pyridine rings is 1. The second kappa shape index (κ2) is 5.27. The summed E-state index contributed by atoms with van der Waals surface area (Å²) in [6, 6.07) is 5.27. The van der Waals surface area contributed by atoms with E-state index in [2.05, 4.69) is 9.71 Å². The van der Waals surface area contributed by atoms with Gasteiger partial charge in [-0.3, -0.25) is 4.40 Å². The second-order valence-corrected chi connectivity index (χ2v) is 7.81. The van der Waals surface area contributed by atoms with Crippen LogP contribution in [0.4, 0.5) is 5.82 Å². The molecule has 1 fully saturated rings. The predicted molar refractivity (Wildman–Crippen MR) is 80.3 cm³/mol. The normalized spacial score (nSPS) is 19.7. The molecule has 1 aliphatic rings. The van der Waals surface area contributed by atoms with Crippen LogP contribution >= 0.6 is 11.8 Å². The highest BCUT2D eigenvalue weighted by molar-refractivity contribution is 8.00. The van der Waals surface area contributed by atoms with Crippen LogP contribution in [0, 0.1) is 0 Å². The Hall–Kier alpha value is -1.25. The van der Waals surface area contributed by atoms with Gasteiger partial charge in [0.05, 0.1) is 0 Å². The Balaban J connectivity index is 1.90. The van der Waals surface area contributed by atoms with Crippen LogP contribution in [0.25, 0.3) is 5.65 Å². The van der Waals surface area contributed by atoms with Gasteiger partial charge in [0.2, 0.25) is 0 Å². The first-order chi connectivity index (χ1) is 9.58. The largest absolute Gasteiger partial charge is 0.381 e. The Morgan fingerprint density at radius 3 is 3.10 bits per heavy atom. The first kappa shape index (κ1) is 13.7. The topological polar surface area (TPSA) is 89.5 Å². The van der Waals surface area contributed by atoms with E-state index in [1.165, 1.54) is 4.40 Å². The standard InChI is InChI=1S/C12H16N4O2S2/c13-11-12(16-6-2-1-5-10(16)15-11)20(17,18)14-8-9-4-3-7-19-9/h1-2,5-6,9,14H,3-4,7-8,13H2. The van der Waals surface area contributed by atoms with E-state index in [1.807, 2.05) is 11.8 Å². The summed E-state index contributed by atoms with van der Waals surface area (Å²) in [5.41, 5.74) is 6.30. The molecule has 0 radical (unpaired) electrons. The molecule has 0 saturated carbocycles. The van der Waals surface area contributed by atoms with Crippen molar-refractivity contribution in [1.82, 2.24) is 14.1 Å². The zero-order valence-corrected chi connectivity index (χ0v) is 12.5. The van der Waals surface area contributed by atoms with E-state index in [0.717, 1.165) is 18.6 Å². The van der Waals surface area contributed by atoms with Gasteiger partial charge in [-0.1, -0.05) is 6.07 Å². The highest BCUT2D eigenvalue weighted by atomic mass is 32.2. The number of sulfonamides is 1. The van der Waals surface area contributed by atoms with Crippen LogP contribution in [0.1, 0.15) is 12.8 Å². The maximum absolute atomic E-state index is 12.4. The number of anilines is 1. The predicted octanol–water partition coefficient (Wildman–Crippen LogP) is 1.09. The van der Waals surface area contributed by atoms with Crippen molar-refractivity contribution in [3.05, 3.63) is 24.4 Å². The fourth-order valence-corrected chi connectivity index (χ4v) is 4.93. The number of rotatable bonds is 4. The Bertz CT molecular complexity index is 720. The molecule has 0 amide bonds. The molecule has 1 unspecified atom stereocenters. The third-order valence-electron chi connectivity index (χ3n) is 3.29. The molecule has 3 N–H and O–H groups in total. The molecule has 2 aromatic rings. The van der Waals surface area contributed by atoms with Crippen LogP contribution in [0.3, 0.4) is 0 Å². The van der Waals surface area contributed by atoms with E-state index < -0.39 is 10.0 Å². The first-order valence-electron chi connectivity index (χ1n) is 6.42. The molecule has 2 aromatic heterocycles. The van der Waals surface area contributed by atoms with Gasteiger partial charge >= 0.3 is 0 Å². The van der Waals surface area contributed by atoms with Crippen molar-refractivity contribution < 1.29 is 8.42 Å². The van der Waals surface area contributed by atoms with Crippen LogP contribution in [0.5, 0.6) is 0 Å². The summed E-state index contributed by atoms with van der Waals surface area (Å²) in [6.45, 7) is 0.437. The third-order valence-corrected chi connectivity index (χ3v) is 6.15. The van der Waals surface area contributed by atoms with Crippen molar-refractivity contribution >= 4 is 33.3 Å². The van der Waals surface area contributed by atoms with Gasteiger partial charge < -0.3 is 5.73 Å². The maximum atomic E-state index is 12.4. The van der Waals surface area contributed by atoms with Gasteiger partial charge in [0.15, 0.2) is 10.8 Å². The van der Waals surface area contributed by atoms with Gasteiger partial charge in [0.1, 0.15) is 5.65 Å². The monoisotopic (exact) mass is 312 g/mol. The minimum Gasteiger partial charge on any atom is -0.381 e. The van der Waals surface area contributed by atoms with Gasteiger partial charge in [-0.05, 0) is 30.7 Å². The highest BCUT2D eigenvalue weighted by Crippen LogP contribution is 2.26. The van der Waals surface area contributed by atoms with Gasteiger partial charge in [-0.15, -0.1) is 0 Å². The molecular weight excluding hydrogens is 296 g/mol. The molecule has 1 saturated heterocycles. The number of aromatic nitrogens is 2. The van der Waals surface area contributed by atoms with E-state index in [0.29, 0.717) is 17.4 Å². The van der Waals surface area contributed by atoms with Gasteiger partial charge in [0.25, 0.3) is 10.0 Å². The second-order valence-electron chi connectivity index (χ2n) is 4.72. The average Bonchev–Trinajstić information content (AvgIpc) is 3.02. The fourth-order valence-electron chi connectivity index (χ4n) is 2.34. The molecule has 3 heterocycles. The Kier molecular flexibility index (Phi) is 3.61. The highest BCUT2D eigenvalue weighted by Gasteiger charge is 2.25. The maximum Gasteiger partial charge on any atom is 0.260 e. The van der Waals surface area contributed by atoms with Gasteiger partial charge in [0, 0.05) is 18.0 Å². The molecule has 0 spiro atoms. The van der Waals surface area contributed by atoms with E-state index in [1.54, 1.807) is 24.4 Å². The molecule has 0 bridgehead atoms. The summed E-state index contributed by atoms with van der Waals surface area (Å²) in [7, 11) is -3.65. The number of thioether (sulfide) groups is 1. The van der Waals surface area contributed by atoms with E-state index >= 15 is 0 Å². The molecule has 108 valence electrons. The molecule has 20 heavy (non-hydrogen) atoms. The zero-order valence-electron chi connectivity index (χ0n) is 10.8. The summed E-state index contributed by atoms with van der Waals surface area (Å²) in [5.74, 6) is 1.13. The third kappa shape index (κ3) is 2.50. The smallest absolute Gasteiger partial charge is 0.260 e. The van der Waals surface area contributed by atoms with Crippen LogP contribution in [-0.4, -0.2) is 35.4 Å². The van der Waals surface area contributed by atoms with Gasteiger partial charge in [-0.2, -0.15) is 11.8 Å². The van der Waals surface area contributed by atoms with E-state index in [9.17, 15) is 8.42 Å². The number of hydrogen-bond acceptors (Lipinski definition) is 5. The van der Waals surface area contributed by atoms with Crippen LogP contribution in [0.15, 0.2) is 29.4 Å². The number of nitrogens with two attached hydrogens (primary N) is 1. The van der Waals surface area contributed by atoms with Crippen molar-refractivity contribution in [3.63, 3.8) is 0 Å². The number of nitrogens with one attached hydrogen (secondary N) is 1. The number of hydrogen-bond donors (Lipinski definition) is 2. The van der Waals surface area contributed by atoms with E-state index in [4.69, 9.17) is 5.73 Å². The lowest BCUT2D eigenvalue weighted by molar-refractivity contribution is 0.574. The summed E-state index contributed by atoms with van der Waals surface area (Å²) >= 11 is 1.81. The summed E-state index contributed by atoms with van der Waals surface area (Å²) in [5, 5.41) is 0.376. The van der Waals surface area contributed by atoms with Gasteiger partial charge in [-0.25, -0.2) is 18.1 Å². The molecule has 1 atom stereocenters. The fraction of sp³-hybridized carbons (Fsp3) is 0.417. The molecule has 0 aromatic carbocycles. The lowest BCUT2D eigenvalue weighted by Crippen LogP contribution is -2.31. The number of fused-ring (bicyclic) bond motifs is 1. The molecule has 6 nitrogen and oxygen atoms in total. The quantitative estimate of drug-likeness (QED) is 0.882. The Morgan fingerprint density at radius 1 is 1.50 bits per heavy atom. The van der Waals surface area contributed by atoms with Crippen molar-refractivity contribution in [2.45, 2.75) is 23.1 Å². The molecule has 1 aliphatic heterocycles. The SMILES string of the molecule is Nc1nc2ccccn2c1S(=O)(=O)NCC1CCCS1. The number of imidazole rings is 1. The Labute approximate surface area is 121 Å². The zero-order chi connectivity index (χ0) is 14.2. The Morgan fingerprint density at radius 2 is 2.35 bits per heavy atom. The lowest BCUT2D eigenvalue weighted by Gasteiger charge is -2.11. The summed E-state index contributed by atoms with van der Waals surface area (Å²) < 4.78 is 29.0. The van der Waals surface area contributed by atoms with Crippen molar-refractivity contribution in [1.29, 1.82) is 0 Å². The minimum atomic E-state index is -3.65. The lowest BCUT2D eigenvalue weighted by atomic mass is 10.2. The number of nitrogens with zero attached hydrogens (tertiary/aromatic N) is 2. The van der Waals surface area contributed by atoms with Crippen molar-refractivity contribution in [2.24, 2.45) is 0 Å². The summed E-state index contributed by atoms with van der Waals surface area (Å²) in [4.78, 5) is 4.08. The number of nitrogen functional groups attached to an aromatic ring is 1. The summed E-state index contributed by atoms with van der Waals surface area (Å²) in [6.07, 6.45) is 3.85. The van der Waals surface area contributed by atoms with Crippen molar-refractivity contribution in [2.75, 3.05) is 18.0 Å². The average molecular weight is 312 g/mol. The van der Waals surface area contributed by atoms with Crippen LogP contribution < -0.4 is 10.5 Å². The van der Waals surface area contributed by atoms with Crippen molar-refractivity contribution in [3.8, 4) is 0 Å². The molecule has 3 rings (SSSR count). The molecule has 8 heteroatoms. The first-order valence-corrected chi connectivity index (χ1v) is 8.95. The van der Waals surface area contributed by atoms with Crippen LogP contribution in [0.2, 0.25) is 0 Å². The molecule has 0 aliphatic carbocycles. The molecular formula is C12H16N4O2S2. The van der Waals surface area contributed by atoms with E-state index in [-0.39, 0.29) is 10.8 Å². The minimum absolute atomic E-state index is 0.0242.